The molecule has 3 aromatic rings. The maximum Gasteiger partial charge on any atom is 0.240 e. The number of methoxy groups -OCH3 is 1. The van der Waals surface area contributed by atoms with E-state index in [-0.39, 0.29) is 5.91 Å². The molecule has 0 aliphatic rings. The van der Waals surface area contributed by atoms with Gasteiger partial charge in [-0.05, 0) is 108 Å². The summed E-state index contributed by atoms with van der Waals surface area (Å²) >= 11 is 5.67. The first-order valence-electron chi connectivity index (χ1n) is 11.7. The molecule has 0 heterocycles. The fourth-order valence-corrected chi connectivity index (χ4v) is 4.60. The van der Waals surface area contributed by atoms with Crippen molar-refractivity contribution < 1.29 is 19.0 Å². The first-order valence-corrected chi connectivity index (χ1v) is 13.6. The van der Waals surface area contributed by atoms with Gasteiger partial charge in [0.05, 0.1) is 23.5 Å². The Balaban J connectivity index is 1.54. The Morgan fingerprint density at radius 1 is 1.11 bits per heavy atom. The summed E-state index contributed by atoms with van der Waals surface area (Å²) in [6, 6.07) is 17.8. The molecule has 0 saturated heterocycles. The topological polar surface area (TPSA) is 69.2 Å². The third-order valence-electron chi connectivity index (χ3n) is 5.43. The highest BCUT2D eigenvalue weighted by Gasteiger charge is 2.12. The van der Waals surface area contributed by atoms with Gasteiger partial charge >= 0.3 is 0 Å². The van der Waals surface area contributed by atoms with Crippen LogP contribution in [0.1, 0.15) is 42.0 Å². The maximum atomic E-state index is 12.2. The molecule has 0 atom stereocenters. The second-order valence-electron chi connectivity index (χ2n) is 8.12. The second-order valence-corrected chi connectivity index (χ2v) is 10.2. The van der Waals surface area contributed by atoms with E-state index >= 15 is 0 Å². The fourth-order valence-electron chi connectivity index (χ4n) is 3.55. The van der Waals surface area contributed by atoms with E-state index in [1.165, 1.54) is 5.56 Å². The van der Waals surface area contributed by atoms with Crippen molar-refractivity contribution in [2.45, 2.75) is 39.7 Å². The molecule has 0 fully saturated rings. The molecule has 190 valence electrons. The minimum Gasteiger partial charge on any atom is -0.497 e. The Hall–Kier alpha value is -2.59. The molecule has 0 spiro atoms. The number of rotatable bonds is 12. The first kappa shape index (κ1) is 28.0. The van der Waals surface area contributed by atoms with E-state index in [1.807, 2.05) is 61.5 Å². The number of ether oxygens (including phenoxy) is 3. The molecule has 6 nitrogen and oxygen atoms in total. The average molecular weight is 665 g/mol. The number of nitrogens with zero attached hydrogens (tertiary/aromatic N) is 1. The fraction of sp³-hybridized carbons (Fsp3) is 0.286. The van der Waals surface area contributed by atoms with E-state index in [4.69, 9.17) is 14.2 Å². The Bertz CT molecular complexity index is 1200. The summed E-state index contributed by atoms with van der Waals surface area (Å²) in [6.07, 6.45) is 3.58. The Morgan fingerprint density at radius 2 is 1.89 bits per heavy atom. The quantitative estimate of drug-likeness (QED) is 0.131. The van der Waals surface area contributed by atoms with Crippen LogP contribution in [0.5, 0.6) is 17.2 Å². The molecule has 8 heteroatoms. The van der Waals surface area contributed by atoms with Gasteiger partial charge < -0.3 is 14.2 Å². The molecule has 0 aliphatic carbocycles. The molecule has 0 aliphatic heterocycles. The monoisotopic (exact) mass is 664 g/mol. The molecule has 0 radical (unpaired) electrons. The highest BCUT2D eigenvalue weighted by atomic mass is 127. The van der Waals surface area contributed by atoms with E-state index in [9.17, 15) is 4.79 Å². The zero-order valence-electron chi connectivity index (χ0n) is 20.6. The van der Waals surface area contributed by atoms with Gasteiger partial charge in [0.25, 0.3) is 0 Å². The normalized spacial score (nSPS) is 10.9. The van der Waals surface area contributed by atoms with Crippen molar-refractivity contribution >= 4 is 50.6 Å². The average Bonchev–Trinajstić information content (AvgIpc) is 2.85. The summed E-state index contributed by atoms with van der Waals surface area (Å²) in [4.78, 5) is 12.2. The predicted molar refractivity (Wildman–Crippen MR) is 155 cm³/mol. The van der Waals surface area contributed by atoms with E-state index < -0.39 is 0 Å². The number of hydrogen-bond donors (Lipinski definition) is 1. The largest absolute Gasteiger partial charge is 0.497 e. The summed E-state index contributed by atoms with van der Waals surface area (Å²) in [6.45, 7) is 4.93. The SMILES string of the molecule is CCOc1cc(/C=N\NC(=O)CCCc2ccc(OC)cc2C)cc(I)c1OCc1ccc(Br)cc1. The number of hydrogen-bond acceptors (Lipinski definition) is 5. The second kappa shape index (κ2) is 14.2. The number of benzene rings is 3. The summed E-state index contributed by atoms with van der Waals surface area (Å²) < 4.78 is 19.1. The van der Waals surface area contributed by atoms with Gasteiger partial charge in [0.1, 0.15) is 12.4 Å². The van der Waals surface area contributed by atoms with Crippen molar-refractivity contribution in [3.05, 3.63) is 84.9 Å². The van der Waals surface area contributed by atoms with Crippen LogP contribution in [-0.4, -0.2) is 25.8 Å². The molecule has 0 aromatic heterocycles. The molecule has 0 bridgehead atoms. The van der Waals surface area contributed by atoms with Gasteiger partial charge in [-0.3, -0.25) is 4.79 Å². The van der Waals surface area contributed by atoms with Crippen molar-refractivity contribution in [1.29, 1.82) is 0 Å². The Morgan fingerprint density at radius 3 is 2.58 bits per heavy atom. The van der Waals surface area contributed by atoms with Crippen molar-refractivity contribution in [3.63, 3.8) is 0 Å². The predicted octanol–water partition coefficient (Wildman–Crippen LogP) is 6.82. The number of nitrogens with one attached hydrogen (secondary N) is 1. The zero-order valence-corrected chi connectivity index (χ0v) is 24.4. The molecular formula is C28H30BrIN2O4. The summed E-state index contributed by atoms with van der Waals surface area (Å²) in [5.41, 5.74) is 6.87. The Labute approximate surface area is 234 Å². The minimum absolute atomic E-state index is 0.119. The van der Waals surface area contributed by atoms with Gasteiger partial charge in [0, 0.05) is 10.9 Å². The molecule has 1 N–H and O–H groups in total. The number of hydrazone groups is 1. The lowest BCUT2D eigenvalue weighted by molar-refractivity contribution is -0.121. The van der Waals surface area contributed by atoms with Crippen LogP contribution in [0.3, 0.4) is 0 Å². The van der Waals surface area contributed by atoms with Gasteiger partial charge in [0.2, 0.25) is 5.91 Å². The first-order chi connectivity index (χ1) is 17.4. The lowest BCUT2D eigenvalue weighted by Crippen LogP contribution is -2.17. The third-order valence-corrected chi connectivity index (χ3v) is 6.76. The van der Waals surface area contributed by atoms with Gasteiger partial charge in [-0.25, -0.2) is 5.43 Å². The maximum absolute atomic E-state index is 12.2. The van der Waals surface area contributed by atoms with E-state index in [0.717, 1.165) is 43.3 Å². The van der Waals surface area contributed by atoms with Crippen LogP contribution in [0.4, 0.5) is 0 Å². The summed E-state index contributed by atoms with van der Waals surface area (Å²) in [7, 11) is 1.66. The van der Waals surface area contributed by atoms with Crippen molar-refractivity contribution in [2.24, 2.45) is 5.10 Å². The number of halogens is 2. The third kappa shape index (κ3) is 8.51. The standard InChI is InChI=1S/C28H30BrIN2O4/c1-4-35-26-16-21(15-25(30)28(26)36-18-20-8-11-23(29)12-9-20)17-31-32-27(33)7-5-6-22-10-13-24(34-3)14-19(22)2/h8-17H,4-7,18H2,1-3H3,(H,32,33)/b31-17-. The number of carbonyl (C=O) groups excluding carboxylic acids is 1. The van der Waals surface area contributed by atoms with Crippen molar-refractivity contribution in [3.8, 4) is 17.2 Å². The smallest absolute Gasteiger partial charge is 0.240 e. The highest BCUT2D eigenvalue weighted by molar-refractivity contribution is 14.1. The van der Waals surface area contributed by atoms with E-state index in [0.29, 0.717) is 31.1 Å². The van der Waals surface area contributed by atoms with E-state index in [2.05, 4.69) is 56.0 Å². The van der Waals surface area contributed by atoms with Crippen LogP contribution >= 0.6 is 38.5 Å². The molecular weight excluding hydrogens is 635 g/mol. The van der Waals surface area contributed by atoms with Crippen molar-refractivity contribution in [2.75, 3.05) is 13.7 Å². The molecule has 0 saturated carbocycles. The van der Waals surface area contributed by atoms with Crippen LogP contribution in [0, 0.1) is 10.5 Å². The van der Waals surface area contributed by atoms with Gasteiger partial charge in [-0.15, -0.1) is 0 Å². The summed E-state index contributed by atoms with van der Waals surface area (Å²) in [5.74, 6) is 2.06. The van der Waals surface area contributed by atoms with Crippen molar-refractivity contribution in [1.82, 2.24) is 5.43 Å². The number of amides is 1. The Kier molecular flexibility index (Phi) is 11.1. The van der Waals surface area contributed by atoms with Gasteiger partial charge in [-0.2, -0.15) is 5.10 Å². The molecule has 36 heavy (non-hydrogen) atoms. The lowest BCUT2D eigenvalue weighted by Gasteiger charge is -2.15. The summed E-state index contributed by atoms with van der Waals surface area (Å²) in [5, 5.41) is 4.14. The van der Waals surface area contributed by atoms with E-state index in [1.54, 1.807) is 13.3 Å². The zero-order chi connectivity index (χ0) is 25.9. The molecule has 0 unspecified atom stereocenters. The molecule has 3 rings (SSSR count). The highest BCUT2D eigenvalue weighted by Crippen LogP contribution is 2.34. The minimum atomic E-state index is -0.119. The van der Waals surface area contributed by atoms with Crippen LogP contribution in [0.25, 0.3) is 0 Å². The number of aryl methyl sites for hydroxylation is 2. The lowest BCUT2D eigenvalue weighted by atomic mass is 10.0. The van der Waals surface area contributed by atoms with Crippen LogP contribution < -0.4 is 19.6 Å². The van der Waals surface area contributed by atoms with Crippen LogP contribution in [-0.2, 0) is 17.8 Å². The van der Waals surface area contributed by atoms with Gasteiger partial charge in [-0.1, -0.05) is 34.1 Å². The van der Waals surface area contributed by atoms with Crippen LogP contribution in [0.15, 0.2) is 64.2 Å². The molecule has 3 aromatic carbocycles. The van der Waals surface area contributed by atoms with Crippen LogP contribution in [0.2, 0.25) is 0 Å². The molecule has 1 amide bonds. The van der Waals surface area contributed by atoms with Gasteiger partial charge in [0.15, 0.2) is 11.5 Å². The number of carbonyl (C=O) groups is 1.